The zero-order valence-electron chi connectivity index (χ0n) is 20.6. The van der Waals surface area contributed by atoms with Crippen LogP contribution in [-0.2, 0) is 4.74 Å². The maximum Gasteiger partial charge on any atom is 0.251 e. The third kappa shape index (κ3) is 6.85. The summed E-state index contributed by atoms with van der Waals surface area (Å²) in [5.74, 6) is 0.172. The van der Waals surface area contributed by atoms with Gasteiger partial charge in [0.15, 0.2) is 11.0 Å². The Labute approximate surface area is 220 Å². The van der Waals surface area contributed by atoms with Crippen LogP contribution in [0.3, 0.4) is 0 Å². The molecule has 1 aliphatic heterocycles. The topological polar surface area (TPSA) is 126 Å². The molecule has 1 aliphatic rings. The van der Waals surface area contributed by atoms with Crippen LogP contribution in [0.2, 0.25) is 5.15 Å². The zero-order valence-corrected chi connectivity index (χ0v) is 21.4. The number of rotatable bonds is 10. The fraction of sp³-hybridized carbons (Fsp3) is 0.346. The molecule has 37 heavy (non-hydrogen) atoms. The van der Waals surface area contributed by atoms with Crippen LogP contribution in [0.25, 0.3) is 11.1 Å². The van der Waals surface area contributed by atoms with Crippen LogP contribution in [0.5, 0.6) is 0 Å². The van der Waals surface area contributed by atoms with Crippen LogP contribution in [0, 0.1) is 11.7 Å². The van der Waals surface area contributed by atoms with Gasteiger partial charge < -0.3 is 31.7 Å². The number of carbonyl (C=O) groups is 1. The summed E-state index contributed by atoms with van der Waals surface area (Å²) in [5, 5.41) is 12.5. The van der Waals surface area contributed by atoms with Gasteiger partial charge in [-0.15, -0.1) is 0 Å². The Morgan fingerprint density at radius 2 is 1.89 bits per heavy atom. The molecule has 1 saturated heterocycles. The molecular weight excluding hydrogens is 497 g/mol. The summed E-state index contributed by atoms with van der Waals surface area (Å²) in [6.07, 6.45) is 3.19. The quantitative estimate of drug-likeness (QED) is 0.197. The van der Waals surface area contributed by atoms with Crippen molar-refractivity contribution in [2.75, 3.05) is 56.3 Å². The Bertz CT molecular complexity index is 1220. The van der Waals surface area contributed by atoms with Crippen molar-refractivity contribution in [3.05, 3.63) is 59.3 Å². The third-order valence-corrected chi connectivity index (χ3v) is 6.54. The van der Waals surface area contributed by atoms with Crippen molar-refractivity contribution in [3.8, 4) is 11.1 Å². The largest absolute Gasteiger partial charge is 0.393 e. The van der Waals surface area contributed by atoms with Crippen LogP contribution in [0.1, 0.15) is 23.2 Å². The van der Waals surface area contributed by atoms with E-state index in [9.17, 15) is 4.79 Å². The van der Waals surface area contributed by atoms with E-state index in [2.05, 4.69) is 31.2 Å². The molecule has 1 aromatic heterocycles. The molecule has 0 aliphatic carbocycles. The lowest BCUT2D eigenvalue weighted by Crippen LogP contribution is -2.32. The zero-order chi connectivity index (χ0) is 26.2. The number of ether oxygens (including phenoxy) is 1. The number of nitrogens with zero attached hydrogens (tertiary/aromatic N) is 2. The standard InChI is InChI=1S/C26H31ClFN7O2/c1-30-8-9-31-21-13-20(28)19(12-22(21)35-25-23(29)24(27)33-15-34-25)17-2-4-18(5-3-17)26(36)32-14-16-6-10-37-11-7-16/h2-5,12-13,15-16,30-31H,6-11,14,29H2,1H3,(H,32,36)(H,33,34,35). The van der Waals surface area contributed by atoms with E-state index in [0.29, 0.717) is 59.4 Å². The lowest BCUT2D eigenvalue weighted by Gasteiger charge is -2.22. The van der Waals surface area contributed by atoms with Crippen LogP contribution in [0.15, 0.2) is 42.7 Å². The van der Waals surface area contributed by atoms with E-state index in [4.69, 9.17) is 22.1 Å². The average Bonchev–Trinajstić information content (AvgIpc) is 2.92. The van der Waals surface area contributed by atoms with E-state index in [1.807, 2.05) is 7.05 Å². The molecule has 4 rings (SSSR count). The lowest BCUT2D eigenvalue weighted by molar-refractivity contribution is 0.0642. The molecule has 3 aromatic rings. The maximum atomic E-state index is 15.2. The number of benzene rings is 2. The van der Waals surface area contributed by atoms with Crippen molar-refractivity contribution in [1.82, 2.24) is 20.6 Å². The summed E-state index contributed by atoms with van der Waals surface area (Å²) in [7, 11) is 1.84. The van der Waals surface area contributed by atoms with Gasteiger partial charge >= 0.3 is 0 Å². The summed E-state index contributed by atoms with van der Waals surface area (Å²) >= 11 is 6.04. The Balaban J connectivity index is 1.55. The van der Waals surface area contributed by atoms with Crippen LogP contribution in [-0.4, -0.2) is 55.8 Å². The van der Waals surface area contributed by atoms with E-state index >= 15 is 4.39 Å². The molecule has 1 fully saturated rings. The van der Waals surface area contributed by atoms with Crippen LogP contribution >= 0.6 is 11.6 Å². The Kier molecular flexibility index (Phi) is 9.10. The second-order valence-electron chi connectivity index (χ2n) is 8.80. The van der Waals surface area contributed by atoms with Crippen LogP contribution in [0.4, 0.5) is 27.3 Å². The molecule has 6 N–H and O–H groups in total. The molecule has 196 valence electrons. The summed E-state index contributed by atoms with van der Waals surface area (Å²) in [6.45, 7) is 3.34. The monoisotopic (exact) mass is 527 g/mol. The van der Waals surface area contributed by atoms with Gasteiger partial charge in [0.25, 0.3) is 5.91 Å². The number of nitrogens with two attached hydrogens (primary N) is 1. The van der Waals surface area contributed by atoms with Gasteiger partial charge in [0, 0.05) is 44.0 Å². The molecule has 2 aromatic carbocycles. The molecule has 9 nitrogen and oxygen atoms in total. The minimum Gasteiger partial charge on any atom is -0.393 e. The van der Waals surface area contributed by atoms with Gasteiger partial charge in [-0.3, -0.25) is 4.79 Å². The van der Waals surface area contributed by atoms with Crippen molar-refractivity contribution >= 4 is 40.4 Å². The SMILES string of the molecule is CNCCNc1cc(F)c(-c2ccc(C(=O)NCC3CCOCC3)cc2)cc1Nc1ncnc(Cl)c1N. The molecule has 2 heterocycles. The highest BCUT2D eigenvalue weighted by Gasteiger charge is 2.17. The predicted molar refractivity (Wildman–Crippen MR) is 145 cm³/mol. The smallest absolute Gasteiger partial charge is 0.251 e. The second kappa shape index (κ2) is 12.7. The summed E-state index contributed by atoms with van der Waals surface area (Å²) in [6, 6.07) is 9.95. The number of halogens is 2. The summed E-state index contributed by atoms with van der Waals surface area (Å²) in [4.78, 5) is 20.6. The molecule has 0 radical (unpaired) electrons. The number of nitrogen functional groups attached to an aromatic ring is 1. The number of amides is 1. The van der Waals surface area contributed by atoms with Crippen molar-refractivity contribution < 1.29 is 13.9 Å². The lowest BCUT2D eigenvalue weighted by atomic mass is 9.99. The van der Waals surface area contributed by atoms with Gasteiger partial charge in [0.2, 0.25) is 0 Å². The van der Waals surface area contributed by atoms with E-state index in [0.717, 1.165) is 26.1 Å². The van der Waals surface area contributed by atoms with Crippen molar-refractivity contribution in [2.24, 2.45) is 5.92 Å². The van der Waals surface area contributed by atoms with Gasteiger partial charge in [0.05, 0.1) is 11.4 Å². The number of carbonyl (C=O) groups excluding carboxylic acids is 1. The van der Waals surface area contributed by atoms with E-state index in [1.54, 1.807) is 30.3 Å². The minimum atomic E-state index is -0.414. The number of aromatic nitrogens is 2. The first-order chi connectivity index (χ1) is 18.0. The third-order valence-electron chi connectivity index (χ3n) is 6.24. The van der Waals surface area contributed by atoms with Crippen molar-refractivity contribution in [2.45, 2.75) is 12.8 Å². The Morgan fingerprint density at radius 3 is 2.62 bits per heavy atom. The number of nitrogens with one attached hydrogen (secondary N) is 4. The molecule has 0 bridgehead atoms. The molecule has 0 unspecified atom stereocenters. The van der Waals surface area contributed by atoms with Gasteiger partial charge in [-0.05, 0) is 55.6 Å². The fourth-order valence-electron chi connectivity index (χ4n) is 4.06. The van der Waals surface area contributed by atoms with E-state index in [-0.39, 0.29) is 16.7 Å². The number of anilines is 4. The highest BCUT2D eigenvalue weighted by Crippen LogP contribution is 2.35. The average molecular weight is 528 g/mol. The Morgan fingerprint density at radius 1 is 1.14 bits per heavy atom. The maximum absolute atomic E-state index is 15.2. The van der Waals surface area contributed by atoms with Crippen molar-refractivity contribution in [1.29, 1.82) is 0 Å². The summed E-state index contributed by atoms with van der Waals surface area (Å²) < 4.78 is 20.6. The molecular formula is C26H31ClFN7O2. The first-order valence-corrected chi connectivity index (χ1v) is 12.6. The van der Waals surface area contributed by atoms with Gasteiger partial charge in [-0.25, -0.2) is 14.4 Å². The minimum absolute atomic E-state index is 0.121. The second-order valence-corrected chi connectivity index (χ2v) is 9.16. The van der Waals surface area contributed by atoms with Gasteiger partial charge in [0.1, 0.15) is 17.8 Å². The van der Waals surface area contributed by atoms with Crippen molar-refractivity contribution in [3.63, 3.8) is 0 Å². The summed E-state index contributed by atoms with van der Waals surface area (Å²) in [5.41, 5.74) is 8.81. The molecule has 0 saturated carbocycles. The molecule has 1 amide bonds. The highest BCUT2D eigenvalue weighted by molar-refractivity contribution is 6.32. The first kappa shape index (κ1) is 26.6. The first-order valence-electron chi connectivity index (χ1n) is 12.2. The van der Waals surface area contributed by atoms with Gasteiger partial charge in [-0.1, -0.05) is 23.7 Å². The molecule has 0 atom stereocenters. The van der Waals surface area contributed by atoms with E-state index in [1.165, 1.54) is 12.4 Å². The molecule has 11 heteroatoms. The van der Waals surface area contributed by atoms with Crippen LogP contribution < -0.4 is 27.0 Å². The number of hydrogen-bond acceptors (Lipinski definition) is 8. The fourth-order valence-corrected chi connectivity index (χ4v) is 4.19. The van der Waals surface area contributed by atoms with E-state index < -0.39 is 5.82 Å². The van der Waals surface area contributed by atoms with Gasteiger partial charge in [-0.2, -0.15) is 0 Å². The normalized spacial score (nSPS) is 13.8. The molecule has 0 spiro atoms. The highest BCUT2D eigenvalue weighted by atomic mass is 35.5. The number of likely N-dealkylation sites (N-methyl/N-ethyl adjacent to an activating group) is 1. The Hall–Kier alpha value is -3.47. The predicted octanol–water partition coefficient (Wildman–Crippen LogP) is 4.05. The number of hydrogen-bond donors (Lipinski definition) is 5.